The van der Waals surface area contributed by atoms with Crippen LogP contribution in [0.15, 0.2) is 36.4 Å². The van der Waals surface area contributed by atoms with Crippen molar-refractivity contribution in [2.75, 3.05) is 5.32 Å². The lowest BCUT2D eigenvalue weighted by molar-refractivity contribution is -0.117. The lowest BCUT2D eigenvalue weighted by Crippen LogP contribution is -2.12. The molecule has 1 N–H and O–H groups in total. The van der Waals surface area contributed by atoms with Crippen LogP contribution in [0.25, 0.3) is 10.9 Å². The van der Waals surface area contributed by atoms with Gasteiger partial charge in [-0.2, -0.15) is 0 Å². The van der Waals surface area contributed by atoms with Crippen LogP contribution in [0.5, 0.6) is 0 Å². The molecule has 0 aliphatic carbocycles. The topological polar surface area (TPSA) is 59.1 Å². The Balaban J connectivity index is 1.73. The SMILES string of the molecule is CC(=O)CCCCCCC(=O)Nc1ccc2ccccc2n1. The summed E-state index contributed by atoms with van der Waals surface area (Å²) in [6, 6.07) is 11.6. The first-order valence-electron chi connectivity index (χ1n) is 7.80. The van der Waals surface area contributed by atoms with Crippen LogP contribution in [0.4, 0.5) is 5.82 Å². The predicted octanol–water partition coefficient (Wildman–Crippen LogP) is 4.10. The van der Waals surface area contributed by atoms with Crippen molar-refractivity contribution in [2.45, 2.75) is 45.4 Å². The van der Waals surface area contributed by atoms with Crippen molar-refractivity contribution < 1.29 is 9.59 Å². The minimum Gasteiger partial charge on any atom is -0.311 e. The number of carbonyl (C=O) groups is 2. The van der Waals surface area contributed by atoms with Gasteiger partial charge in [-0.15, -0.1) is 0 Å². The fourth-order valence-corrected chi connectivity index (χ4v) is 2.35. The first kappa shape index (κ1) is 16.1. The molecule has 0 atom stereocenters. The molecule has 0 saturated carbocycles. The van der Waals surface area contributed by atoms with Gasteiger partial charge in [0.2, 0.25) is 5.91 Å². The van der Waals surface area contributed by atoms with E-state index in [9.17, 15) is 9.59 Å². The Labute approximate surface area is 130 Å². The molecule has 1 amide bonds. The van der Waals surface area contributed by atoms with Crippen LogP contribution in [0, 0.1) is 0 Å². The highest BCUT2D eigenvalue weighted by Gasteiger charge is 2.04. The summed E-state index contributed by atoms with van der Waals surface area (Å²) in [6.45, 7) is 1.62. The molecule has 0 aliphatic heterocycles. The van der Waals surface area contributed by atoms with Crippen molar-refractivity contribution in [3.05, 3.63) is 36.4 Å². The highest BCUT2D eigenvalue weighted by atomic mass is 16.1. The molecule has 22 heavy (non-hydrogen) atoms. The lowest BCUT2D eigenvalue weighted by Gasteiger charge is -2.05. The number of unbranched alkanes of at least 4 members (excludes halogenated alkanes) is 3. The number of nitrogens with one attached hydrogen (secondary N) is 1. The van der Waals surface area contributed by atoms with E-state index in [0.717, 1.165) is 36.6 Å². The number of fused-ring (bicyclic) bond motifs is 1. The first-order valence-corrected chi connectivity index (χ1v) is 7.80. The summed E-state index contributed by atoms with van der Waals surface area (Å²) in [5.41, 5.74) is 0.879. The van der Waals surface area contributed by atoms with Gasteiger partial charge in [-0.25, -0.2) is 4.98 Å². The standard InChI is InChI=1S/C18H22N2O2/c1-14(21)8-4-2-3-5-11-18(22)20-17-13-12-15-9-6-7-10-16(15)19-17/h6-7,9-10,12-13H,2-5,8,11H2,1H3,(H,19,20,22). The van der Waals surface area contributed by atoms with Crippen LogP contribution < -0.4 is 5.32 Å². The molecule has 4 heteroatoms. The van der Waals surface area contributed by atoms with E-state index in [2.05, 4.69) is 10.3 Å². The summed E-state index contributed by atoms with van der Waals surface area (Å²) in [5.74, 6) is 0.828. The van der Waals surface area contributed by atoms with Crippen molar-refractivity contribution in [1.82, 2.24) is 4.98 Å². The van der Waals surface area contributed by atoms with Gasteiger partial charge in [0.1, 0.15) is 11.6 Å². The Kier molecular flexibility index (Phi) is 6.07. The number of ketones is 1. The number of rotatable bonds is 8. The molecule has 0 aliphatic rings. The molecule has 4 nitrogen and oxygen atoms in total. The minimum absolute atomic E-state index is 0.00523. The number of hydrogen-bond donors (Lipinski definition) is 1. The molecule has 1 aromatic carbocycles. The number of Topliss-reactive ketones (excluding diaryl/α,β-unsaturated/α-hetero) is 1. The second kappa shape index (κ2) is 8.27. The molecule has 0 radical (unpaired) electrons. The summed E-state index contributed by atoms with van der Waals surface area (Å²) >= 11 is 0. The van der Waals surface area contributed by atoms with Gasteiger partial charge in [-0.3, -0.25) is 4.79 Å². The third-order valence-electron chi connectivity index (χ3n) is 3.55. The molecule has 2 rings (SSSR count). The van der Waals surface area contributed by atoms with E-state index in [0.29, 0.717) is 18.7 Å². The molecular formula is C18H22N2O2. The Bertz CT molecular complexity index is 652. The quantitative estimate of drug-likeness (QED) is 0.746. The van der Waals surface area contributed by atoms with Gasteiger partial charge < -0.3 is 10.1 Å². The molecule has 0 unspecified atom stereocenters. The lowest BCUT2D eigenvalue weighted by atomic mass is 10.1. The molecular weight excluding hydrogens is 276 g/mol. The zero-order chi connectivity index (χ0) is 15.8. The van der Waals surface area contributed by atoms with Crippen LogP contribution >= 0.6 is 0 Å². The summed E-state index contributed by atoms with van der Waals surface area (Å²) in [7, 11) is 0. The summed E-state index contributed by atoms with van der Waals surface area (Å²) < 4.78 is 0. The molecule has 2 aromatic rings. The average Bonchev–Trinajstić information content (AvgIpc) is 2.50. The van der Waals surface area contributed by atoms with Gasteiger partial charge >= 0.3 is 0 Å². The van der Waals surface area contributed by atoms with Crippen molar-refractivity contribution >= 4 is 28.4 Å². The van der Waals surface area contributed by atoms with Crippen molar-refractivity contribution in [3.63, 3.8) is 0 Å². The fourth-order valence-electron chi connectivity index (χ4n) is 2.35. The molecule has 116 valence electrons. The largest absolute Gasteiger partial charge is 0.311 e. The van der Waals surface area contributed by atoms with Gasteiger partial charge in [0, 0.05) is 18.2 Å². The number of carbonyl (C=O) groups excluding carboxylic acids is 2. The zero-order valence-corrected chi connectivity index (χ0v) is 13.0. The van der Waals surface area contributed by atoms with Crippen LogP contribution in [-0.2, 0) is 9.59 Å². The second-order valence-electron chi connectivity index (χ2n) is 5.55. The van der Waals surface area contributed by atoms with Gasteiger partial charge in [0.05, 0.1) is 5.52 Å². The maximum Gasteiger partial charge on any atom is 0.225 e. The van der Waals surface area contributed by atoms with Crippen molar-refractivity contribution in [3.8, 4) is 0 Å². The predicted molar refractivity (Wildman–Crippen MR) is 88.8 cm³/mol. The molecule has 0 spiro atoms. The average molecular weight is 298 g/mol. The Morgan fingerprint density at radius 2 is 1.68 bits per heavy atom. The third kappa shape index (κ3) is 5.28. The van der Waals surface area contributed by atoms with E-state index in [1.54, 1.807) is 6.92 Å². The Morgan fingerprint density at radius 3 is 2.45 bits per heavy atom. The van der Waals surface area contributed by atoms with E-state index in [1.807, 2.05) is 36.4 Å². The second-order valence-corrected chi connectivity index (χ2v) is 5.55. The normalized spacial score (nSPS) is 10.6. The van der Waals surface area contributed by atoms with E-state index < -0.39 is 0 Å². The number of anilines is 1. The van der Waals surface area contributed by atoms with Gasteiger partial charge in [0.25, 0.3) is 0 Å². The number of nitrogens with zero attached hydrogens (tertiary/aromatic N) is 1. The van der Waals surface area contributed by atoms with Crippen molar-refractivity contribution in [1.29, 1.82) is 0 Å². The Morgan fingerprint density at radius 1 is 0.955 bits per heavy atom. The highest BCUT2D eigenvalue weighted by molar-refractivity contribution is 5.91. The van der Waals surface area contributed by atoms with E-state index in [1.165, 1.54) is 0 Å². The molecule has 0 bridgehead atoms. The zero-order valence-electron chi connectivity index (χ0n) is 13.0. The summed E-state index contributed by atoms with van der Waals surface area (Å²) in [4.78, 5) is 27.1. The van der Waals surface area contributed by atoms with Crippen LogP contribution in [0.1, 0.15) is 45.4 Å². The van der Waals surface area contributed by atoms with E-state index in [4.69, 9.17) is 0 Å². The fraction of sp³-hybridized carbons (Fsp3) is 0.389. The van der Waals surface area contributed by atoms with Gasteiger partial charge in [0.15, 0.2) is 0 Å². The monoisotopic (exact) mass is 298 g/mol. The smallest absolute Gasteiger partial charge is 0.225 e. The number of aromatic nitrogens is 1. The van der Waals surface area contributed by atoms with Crippen LogP contribution in [0.3, 0.4) is 0 Å². The summed E-state index contributed by atoms with van der Waals surface area (Å²) in [5, 5.41) is 3.90. The maximum atomic E-state index is 11.9. The first-order chi connectivity index (χ1) is 10.6. The number of hydrogen-bond acceptors (Lipinski definition) is 3. The Hall–Kier alpha value is -2.23. The molecule has 0 saturated heterocycles. The van der Waals surface area contributed by atoms with Gasteiger partial charge in [-0.05, 0) is 38.0 Å². The number of pyridine rings is 1. The van der Waals surface area contributed by atoms with Crippen LogP contribution in [-0.4, -0.2) is 16.7 Å². The van der Waals surface area contributed by atoms with Crippen LogP contribution in [0.2, 0.25) is 0 Å². The summed E-state index contributed by atoms with van der Waals surface area (Å²) in [6.07, 6.45) is 4.88. The molecule has 1 heterocycles. The van der Waals surface area contributed by atoms with E-state index >= 15 is 0 Å². The minimum atomic E-state index is -0.00523. The van der Waals surface area contributed by atoms with E-state index in [-0.39, 0.29) is 11.7 Å². The van der Waals surface area contributed by atoms with Crippen molar-refractivity contribution in [2.24, 2.45) is 0 Å². The van der Waals surface area contributed by atoms with Gasteiger partial charge in [-0.1, -0.05) is 31.0 Å². The number of para-hydroxylation sites is 1. The maximum absolute atomic E-state index is 11.9. The third-order valence-corrected chi connectivity index (χ3v) is 3.55. The molecule has 0 fully saturated rings. The molecule has 1 aromatic heterocycles. The highest BCUT2D eigenvalue weighted by Crippen LogP contribution is 2.15. The number of benzene rings is 1. The number of amides is 1.